The van der Waals surface area contributed by atoms with Crippen molar-refractivity contribution in [3.8, 4) is 0 Å². The minimum Gasteiger partial charge on any atom is -0.359 e. The number of nitrogens with one attached hydrogen (secondary N) is 2. The van der Waals surface area contributed by atoms with E-state index in [1.165, 1.54) is 18.2 Å². The zero-order valence-electron chi connectivity index (χ0n) is 9.38. The fraction of sp³-hybridized carbons (Fsp3) is 0.0909. The monoisotopic (exact) mass is 265 g/mol. The maximum Gasteiger partial charge on any atom is 0.282 e. The zero-order valence-corrected chi connectivity index (χ0v) is 10.2. The van der Waals surface area contributed by atoms with Crippen LogP contribution in [0.3, 0.4) is 0 Å². The van der Waals surface area contributed by atoms with Crippen molar-refractivity contribution < 1.29 is 9.72 Å². The summed E-state index contributed by atoms with van der Waals surface area (Å²) in [6.07, 6.45) is 1.57. The number of para-hydroxylation sites is 1. The summed E-state index contributed by atoms with van der Waals surface area (Å²) in [7, 11) is 0. The lowest BCUT2D eigenvalue weighted by Crippen LogP contribution is -2.39. The van der Waals surface area contributed by atoms with Crippen LogP contribution < -0.4 is 10.6 Å². The maximum atomic E-state index is 11.8. The van der Waals surface area contributed by atoms with Crippen LogP contribution in [0.2, 0.25) is 0 Å². The van der Waals surface area contributed by atoms with Crippen molar-refractivity contribution in [3.63, 3.8) is 0 Å². The van der Waals surface area contributed by atoms with Gasteiger partial charge in [-0.3, -0.25) is 20.2 Å². The van der Waals surface area contributed by atoms with Gasteiger partial charge in [0.05, 0.1) is 4.92 Å². The normalized spacial score (nSPS) is 9.33. The van der Waals surface area contributed by atoms with Crippen LogP contribution in [0.1, 0.15) is 10.4 Å². The molecule has 6 nitrogen and oxygen atoms in total. The Morgan fingerprint density at radius 2 is 2.17 bits per heavy atom. The number of nitro benzene ring substituents is 1. The minimum absolute atomic E-state index is 0.0368. The van der Waals surface area contributed by atoms with Crippen molar-refractivity contribution >= 4 is 28.9 Å². The molecule has 0 heterocycles. The van der Waals surface area contributed by atoms with Gasteiger partial charge >= 0.3 is 0 Å². The van der Waals surface area contributed by atoms with Gasteiger partial charge in [-0.15, -0.1) is 6.58 Å². The Hall–Kier alpha value is -2.28. The van der Waals surface area contributed by atoms with Crippen molar-refractivity contribution in [3.05, 3.63) is 52.6 Å². The number of carbonyl (C=O) groups is 1. The number of thiocarbonyl (C=S) groups is 1. The van der Waals surface area contributed by atoms with Gasteiger partial charge in [0.15, 0.2) is 5.11 Å². The minimum atomic E-state index is -0.621. The Kier molecular flexibility index (Phi) is 4.94. The number of amides is 1. The number of nitro groups is 1. The van der Waals surface area contributed by atoms with Crippen LogP contribution in [0.4, 0.5) is 5.69 Å². The van der Waals surface area contributed by atoms with Crippen molar-refractivity contribution in [1.29, 1.82) is 0 Å². The largest absolute Gasteiger partial charge is 0.359 e. The first kappa shape index (κ1) is 13.8. The number of benzene rings is 1. The molecule has 0 atom stereocenters. The summed E-state index contributed by atoms with van der Waals surface area (Å²) in [5.41, 5.74) is -0.299. The van der Waals surface area contributed by atoms with Gasteiger partial charge in [-0.25, -0.2) is 0 Å². The molecule has 0 aliphatic carbocycles. The van der Waals surface area contributed by atoms with Gasteiger partial charge in [0, 0.05) is 12.6 Å². The van der Waals surface area contributed by atoms with E-state index in [4.69, 9.17) is 12.2 Å². The molecule has 0 bridgehead atoms. The number of rotatable bonds is 4. The van der Waals surface area contributed by atoms with E-state index >= 15 is 0 Å². The van der Waals surface area contributed by atoms with Crippen molar-refractivity contribution in [1.82, 2.24) is 10.6 Å². The first-order chi connectivity index (χ1) is 8.56. The van der Waals surface area contributed by atoms with Crippen LogP contribution in [0.25, 0.3) is 0 Å². The van der Waals surface area contributed by atoms with Gasteiger partial charge in [0.2, 0.25) is 0 Å². The Bertz CT molecular complexity index is 502. The zero-order chi connectivity index (χ0) is 13.5. The fourth-order valence-electron chi connectivity index (χ4n) is 1.20. The van der Waals surface area contributed by atoms with E-state index in [-0.39, 0.29) is 16.4 Å². The number of hydrogen-bond acceptors (Lipinski definition) is 4. The Morgan fingerprint density at radius 1 is 1.50 bits per heavy atom. The van der Waals surface area contributed by atoms with Gasteiger partial charge in [0.25, 0.3) is 11.6 Å². The summed E-state index contributed by atoms with van der Waals surface area (Å²) in [5, 5.41) is 15.9. The predicted octanol–water partition coefficient (Wildman–Crippen LogP) is 1.39. The molecule has 1 rings (SSSR count). The third-order valence-corrected chi connectivity index (χ3v) is 2.23. The summed E-state index contributed by atoms with van der Waals surface area (Å²) in [5.74, 6) is -0.621. The average Bonchev–Trinajstić information content (AvgIpc) is 2.36. The average molecular weight is 265 g/mol. The number of nitrogens with zero attached hydrogens (tertiary/aromatic N) is 1. The molecule has 0 spiro atoms. The van der Waals surface area contributed by atoms with Crippen LogP contribution >= 0.6 is 12.2 Å². The van der Waals surface area contributed by atoms with E-state index in [1.807, 2.05) is 0 Å². The Balaban J connectivity index is 2.81. The predicted molar refractivity (Wildman–Crippen MR) is 71.4 cm³/mol. The number of carbonyl (C=O) groups excluding carboxylic acids is 1. The number of hydrogen-bond donors (Lipinski definition) is 2. The van der Waals surface area contributed by atoms with Gasteiger partial charge in [-0.2, -0.15) is 0 Å². The second kappa shape index (κ2) is 6.45. The smallest absolute Gasteiger partial charge is 0.282 e. The van der Waals surface area contributed by atoms with Gasteiger partial charge in [-0.1, -0.05) is 18.2 Å². The molecule has 7 heteroatoms. The second-order valence-corrected chi connectivity index (χ2v) is 3.64. The quantitative estimate of drug-likeness (QED) is 0.372. The van der Waals surface area contributed by atoms with E-state index in [0.29, 0.717) is 6.54 Å². The lowest BCUT2D eigenvalue weighted by Gasteiger charge is -2.07. The summed E-state index contributed by atoms with van der Waals surface area (Å²) in [6, 6.07) is 5.66. The summed E-state index contributed by atoms with van der Waals surface area (Å²) in [6.45, 7) is 3.88. The molecule has 0 fully saturated rings. The lowest BCUT2D eigenvalue weighted by atomic mass is 10.1. The highest BCUT2D eigenvalue weighted by atomic mass is 32.1. The molecule has 1 aromatic rings. The molecule has 18 heavy (non-hydrogen) atoms. The van der Waals surface area contributed by atoms with E-state index in [9.17, 15) is 14.9 Å². The van der Waals surface area contributed by atoms with Gasteiger partial charge < -0.3 is 5.32 Å². The first-order valence-electron chi connectivity index (χ1n) is 4.99. The molecule has 94 valence electrons. The van der Waals surface area contributed by atoms with E-state index in [1.54, 1.807) is 12.1 Å². The van der Waals surface area contributed by atoms with Crippen LogP contribution in [0, 0.1) is 10.1 Å². The summed E-state index contributed by atoms with van der Waals surface area (Å²) >= 11 is 4.84. The second-order valence-electron chi connectivity index (χ2n) is 3.23. The molecule has 0 unspecified atom stereocenters. The molecule has 0 saturated heterocycles. The lowest BCUT2D eigenvalue weighted by molar-refractivity contribution is -0.385. The Morgan fingerprint density at radius 3 is 2.78 bits per heavy atom. The van der Waals surface area contributed by atoms with Crippen LogP contribution in [-0.2, 0) is 0 Å². The topological polar surface area (TPSA) is 84.3 Å². The molecule has 2 N–H and O–H groups in total. The molecule has 0 radical (unpaired) electrons. The van der Waals surface area contributed by atoms with Crippen LogP contribution in [0.15, 0.2) is 36.9 Å². The molecular weight excluding hydrogens is 254 g/mol. The molecule has 0 aliphatic heterocycles. The fourth-order valence-corrected chi connectivity index (χ4v) is 1.38. The molecule has 1 amide bonds. The standard InChI is InChI=1S/C11H11N3O3S/c1-2-7-12-11(18)13-10(15)8-5-3-4-6-9(8)14(16)17/h2-6H,1,7H2,(H2,12,13,15,18). The summed E-state index contributed by atoms with van der Waals surface area (Å²) in [4.78, 5) is 21.9. The van der Waals surface area contributed by atoms with E-state index in [2.05, 4.69) is 17.2 Å². The van der Waals surface area contributed by atoms with Crippen molar-refractivity contribution in [2.24, 2.45) is 0 Å². The Labute approximate surface area is 109 Å². The van der Waals surface area contributed by atoms with Crippen LogP contribution in [0.5, 0.6) is 0 Å². The van der Waals surface area contributed by atoms with Crippen molar-refractivity contribution in [2.75, 3.05) is 6.54 Å². The van der Waals surface area contributed by atoms with Gasteiger partial charge in [0.1, 0.15) is 5.56 Å². The highest BCUT2D eigenvalue weighted by Crippen LogP contribution is 2.17. The highest BCUT2D eigenvalue weighted by Gasteiger charge is 2.19. The summed E-state index contributed by atoms with van der Waals surface area (Å²) < 4.78 is 0. The third-order valence-electron chi connectivity index (χ3n) is 1.98. The maximum absolute atomic E-state index is 11.8. The van der Waals surface area contributed by atoms with E-state index < -0.39 is 10.8 Å². The SMILES string of the molecule is C=CCNC(=S)NC(=O)c1ccccc1[N+](=O)[O-]. The first-order valence-corrected chi connectivity index (χ1v) is 5.40. The van der Waals surface area contributed by atoms with E-state index in [0.717, 1.165) is 0 Å². The molecule has 0 aliphatic rings. The molecule has 0 saturated carbocycles. The highest BCUT2D eigenvalue weighted by molar-refractivity contribution is 7.80. The molecular formula is C11H11N3O3S. The molecule has 0 aromatic heterocycles. The van der Waals surface area contributed by atoms with Gasteiger partial charge in [-0.05, 0) is 18.3 Å². The van der Waals surface area contributed by atoms with Crippen LogP contribution in [-0.4, -0.2) is 22.5 Å². The molecule has 1 aromatic carbocycles. The third kappa shape index (κ3) is 3.63. The van der Waals surface area contributed by atoms with Crippen molar-refractivity contribution in [2.45, 2.75) is 0 Å².